The summed E-state index contributed by atoms with van der Waals surface area (Å²) >= 11 is 2.01. The van der Waals surface area contributed by atoms with Crippen LogP contribution >= 0.6 is 22.6 Å². The van der Waals surface area contributed by atoms with Crippen molar-refractivity contribution in [2.45, 2.75) is 37.7 Å². The lowest BCUT2D eigenvalue weighted by molar-refractivity contribution is 0.0430. The SMILES string of the molecule is CCC(CC)COC(=O)OC(C)I. The molecule has 0 aliphatic heterocycles. The van der Waals surface area contributed by atoms with Crippen LogP contribution in [0.2, 0.25) is 0 Å². The van der Waals surface area contributed by atoms with Crippen LogP contribution in [0.15, 0.2) is 0 Å². The maximum atomic E-state index is 10.9. The van der Waals surface area contributed by atoms with Crippen LogP contribution in [-0.4, -0.2) is 16.9 Å². The van der Waals surface area contributed by atoms with E-state index in [1.54, 1.807) is 6.92 Å². The van der Waals surface area contributed by atoms with Crippen LogP contribution < -0.4 is 0 Å². The molecule has 1 unspecified atom stereocenters. The van der Waals surface area contributed by atoms with Gasteiger partial charge < -0.3 is 9.47 Å². The maximum absolute atomic E-state index is 10.9. The molecule has 78 valence electrons. The summed E-state index contributed by atoms with van der Waals surface area (Å²) in [5, 5.41) is 0. The highest BCUT2D eigenvalue weighted by Gasteiger charge is 2.10. The van der Waals surface area contributed by atoms with Gasteiger partial charge in [-0.25, -0.2) is 4.79 Å². The Morgan fingerprint density at radius 1 is 1.38 bits per heavy atom. The van der Waals surface area contributed by atoms with E-state index in [0.29, 0.717) is 12.5 Å². The van der Waals surface area contributed by atoms with Crippen molar-refractivity contribution < 1.29 is 14.3 Å². The van der Waals surface area contributed by atoms with Crippen LogP contribution in [-0.2, 0) is 9.47 Å². The molecule has 0 aliphatic rings. The molecule has 0 radical (unpaired) electrons. The average Bonchev–Trinajstić information content (AvgIpc) is 2.05. The van der Waals surface area contributed by atoms with Crippen LogP contribution in [0.5, 0.6) is 0 Å². The van der Waals surface area contributed by atoms with E-state index >= 15 is 0 Å². The number of hydrogen-bond acceptors (Lipinski definition) is 3. The molecule has 0 bridgehead atoms. The van der Waals surface area contributed by atoms with Gasteiger partial charge in [-0.2, -0.15) is 0 Å². The van der Waals surface area contributed by atoms with E-state index in [9.17, 15) is 4.79 Å². The fourth-order valence-corrected chi connectivity index (χ4v) is 1.08. The smallest absolute Gasteiger partial charge is 0.434 e. The Kier molecular flexibility index (Phi) is 7.41. The highest BCUT2D eigenvalue weighted by molar-refractivity contribution is 14.1. The lowest BCUT2D eigenvalue weighted by atomic mass is 10.1. The summed E-state index contributed by atoms with van der Waals surface area (Å²) in [5.74, 6) is 0.456. The first-order valence-corrected chi connectivity index (χ1v) is 5.82. The Balaban J connectivity index is 3.56. The van der Waals surface area contributed by atoms with Gasteiger partial charge in [0.2, 0.25) is 0 Å². The van der Waals surface area contributed by atoms with E-state index in [1.165, 1.54) is 0 Å². The fourth-order valence-electron chi connectivity index (χ4n) is 0.877. The molecule has 1 atom stereocenters. The Labute approximate surface area is 93.3 Å². The number of alkyl halides is 1. The third-order valence-corrected chi connectivity index (χ3v) is 2.10. The van der Waals surface area contributed by atoms with Crippen molar-refractivity contribution in [1.29, 1.82) is 0 Å². The van der Waals surface area contributed by atoms with Crippen molar-refractivity contribution in [2.75, 3.05) is 6.61 Å². The molecule has 0 spiro atoms. The molecule has 0 heterocycles. The lowest BCUT2D eigenvalue weighted by Gasteiger charge is -2.13. The predicted octanol–water partition coefficient (Wildman–Crippen LogP) is 3.36. The van der Waals surface area contributed by atoms with E-state index in [2.05, 4.69) is 13.8 Å². The first-order chi connectivity index (χ1) is 6.10. The summed E-state index contributed by atoms with van der Waals surface area (Å²) in [6.45, 7) is 6.43. The van der Waals surface area contributed by atoms with Crippen molar-refractivity contribution in [3.8, 4) is 0 Å². The minimum absolute atomic E-state index is 0.133. The van der Waals surface area contributed by atoms with E-state index in [4.69, 9.17) is 9.47 Å². The highest BCUT2D eigenvalue weighted by Crippen LogP contribution is 2.09. The monoisotopic (exact) mass is 300 g/mol. The zero-order chi connectivity index (χ0) is 10.3. The minimum atomic E-state index is -0.561. The Morgan fingerprint density at radius 2 is 1.92 bits per heavy atom. The van der Waals surface area contributed by atoms with Crippen molar-refractivity contribution in [3.63, 3.8) is 0 Å². The zero-order valence-electron chi connectivity index (χ0n) is 8.38. The lowest BCUT2D eigenvalue weighted by Crippen LogP contribution is -2.16. The first kappa shape index (κ1) is 13.0. The molecule has 0 aromatic heterocycles. The van der Waals surface area contributed by atoms with Crippen LogP contribution in [0, 0.1) is 5.92 Å². The molecule has 0 aromatic rings. The molecule has 0 saturated heterocycles. The molecule has 0 N–H and O–H groups in total. The largest absolute Gasteiger partial charge is 0.509 e. The van der Waals surface area contributed by atoms with Crippen LogP contribution in [0.25, 0.3) is 0 Å². The summed E-state index contributed by atoms with van der Waals surface area (Å²) in [5.41, 5.74) is 0. The molecule has 4 heteroatoms. The first-order valence-electron chi connectivity index (χ1n) is 4.57. The van der Waals surface area contributed by atoms with Gasteiger partial charge in [-0.3, -0.25) is 0 Å². The molecule has 0 rings (SSSR count). The summed E-state index contributed by atoms with van der Waals surface area (Å²) in [6.07, 6.45) is 1.50. The summed E-state index contributed by atoms with van der Waals surface area (Å²) in [4.78, 5) is 10.9. The van der Waals surface area contributed by atoms with Crippen molar-refractivity contribution in [1.82, 2.24) is 0 Å². The van der Waals surface area contributed by atoms with Crippen molar-refractivity contribution in [3.05, 3.63) is 0 Å². The second-order valence-electron chi connectivity index (χ2n) is 2.90. The van der Waals surface area contributed by atoms with Crippen LogP contribution in [0.1, 0.15) is 33.6 Å². The van der Waals surface area contributed by atoms with Gasteiger partial charge in [0.1, 0.15) is 0 Å². The predicted molar refractivity (Wildman–Crippen MR) is 60.0 cm³/mol. The summed E-state index contributed by atoms with van der Waals surface area (Å²) in [7, 11) is 0. The quantitative estimate of drug-likeness (QED) is 0.444. The van der Waals surface area contributed by atoms with E-state index in [-0.39, 0.29) is 4.11 Å². The second-order valence-corrected chi connectivity index (χ2v) is 4.66. The number of ether oxygens (including phenoxy) is 2. The third kappa shape index (κ3) is 7.10. The topological polar surface area (TPSA) is 35.5 Å². The van der Waals surface area contributed by atoms with Crippen molar-refractivity contribution in [2.24, 2.45) is 5.92 Å². The molecule has 0 fully saturated rings. The third-order valence-electron chi connectivity index (χ3n) is 1.85. The number of halogens is 1. The molecule has 13 heavy (non-hydrogen) atoms. The number of carbonyl (C=O) groups is 1. The molecular formula is C9H17IO3. The highest BCUT2D eigenvalue weighted by atomic mass is 127. The number of carbonyl (C=O) groups excluding carboxylic acids is 1. The van der Waals surface area contributed by atoms with Gasteiger partial charge in [0, 0.05) is 0 Å². The second kappa shape index (κ2) is 7.41. The van der Waals surface area contributed by atoms with Crippen molar-refractivity contribution >= 4 is 28.7 Å². The molecule has 0 aromatic carbocycles. The number of hydrogen-bond donors (Lipinski definition) is 0. The normalized spacial score (nSPS) is 12.7. The summed E-state index contributed by atoms with van der Waals surface area (Å²) in [6, 6.07) is 0. The van der Waals surface area contributed by atoms with Crippen LogP contribution in [0.3, 0.4) is 0 Å². The molecule has 3 nitrogen and oxygen atoms in total. The average molecular weight is 300 g/mol. The van der Waals surface area contributed by atoms with E-state index in [0.717, 1.165) is 12.8 Å². The van der Waals surface area contributed by atoms with Gasteiger partial charge in [-0.1, -0.05) is 26.7 Å². The van der Waals surface area contributed by atoms with Gasteiger partial charge in [-0.05, 0) is 35.4 Å². The minimum Gasteiger partial charge on any atom is -0.434 e. The van der Waals surface area contributed by atoms with E-state index in [1.807, 2.05) is 22.6 Å². The van der Waals surface area contributed by atoms with Gasteiger partial charge in [0.25, 0.3) is 0 Å². The molecule has 0 aliphatic carbocycles. The molecular weight excluding hydrogens is 283 g/mol. The Bertz CT molecular complexity index is 144. The Morgan fingerprint density at radius 3 is 2.31 bits per heavy atom. The van der Waals surface area contributed by atoms with Gasteiger partial charge >= 0.3 is 6.16 Å². The van der Waals surface area contributed by atoms with Gasteiger partial charge in [0.15, 0.2) is 4.11 Å². The molecule has 0 saturated carbocycles. The molecule has 0 amide bonds. The number of rotatable bonds is 5. The summed E-state index contributed by atoms with van der Waals surface area (Å²) < 4.78 is 9.61. The van der Waals surface area contributed by atoms with Gasteiger partial charge in [-0.15, -0.1) is 0 Å². The fraction of sp³-hybridized carbons (Fsp3) is 0.889. The van der Waals surface area contributed by atoms with Crippen LogP contribution in [0.4, 0.5) is 4.79 Å². The maximum Gasteiger partial charge on any atom is 0.509 e. The zero-order valence-corrected chi connectivity index (χ0v) is 10.5. The Hall–Kier alpha value is 0. The standard InChI is InChI=1S/C9H17IO3/c1-4-8(5-2)6-12-9(11)13-7(3)10/h7-8H,4-6H2,1-3H3. The van der Waals surface area contributed by atoms with E-state index < -0.39 is 6.16 Å². The van der Waals surface area contributed by atoms with Gasteiger partial charge in [0.05, 0.1) is 6.61 Å².